The number of amides is 1. The van der Waals surface area contributed by atoms with Gasteiger partial charge in [0.1, 0.15) is 5.69 Å². The van der Waals surface area contributed by atoms with Crippen molar-refractivity contribution < 1.29 is 23.1 Å². The van der Waals surface area contributed by atoms with E-state index in [1.54, 1.807) is 29.6 Å². The molecule has 2 atom stereocenters. The van der Waals surface area contributed by atoms with Gasteiger partial charge >= 0.3 is 6.18 Å². The van der Waals surface area contributed by atoms with Crippen LogP contribution in [0.1, 0.15) is 66.3 Å². The highest BCUT2D eigenvalue weighted by atomic mass is 19.4. The Labute approximate surface area is 159 Å². The Bertz CT molecular complexity index is 926. The Morgan fingerprint density at radius 1 is 1.32 bits per heavy atom. The molecule has 1 aliphatic heterocycles. The average molecular weight is 397 g/mol. The highest BCUT2D eigenvalue weighted by Gasteiger charge is 2.55. The number of carbonyl (C=O) groups is 1. The van der Waals surface area contributed by atoms with E-state index in [-0.39, 0.29) is 19.0 Å². The van der Waals surface area contributed by atoms with Crippen molar-refractivity contribution in [1.29, 1.82) is 0 Å². The summed E-state index contributed by atoms with van der Waals surface area (Å²) in [5, 5.41) is 14.4. The molecule has 0 aromatic carbocycles. The van der Waals surface area contributed by atoms with Crippen LogP contribution in [0, 0.1) is 0 Å². The number of hydrogen-bond donors (Lipinski definition) is 1. The molecule has 1 unspecified atom stereocenters. The van der Waals surface area contributed by atoms with Crippen LogP contribution in [0.25, 0.3) is 0 Å². The van der Waals surface area contributed by atoms with Crippen molar-refractivity contribution >= 4 is 5.91 Å². The van der Waals surface area contributed by atoms with Gasteiger partial charge in [0.2, 0.25) is 5.60 Å². The summed E-state index contributed by atoms with van der Waals surface area (Å²) in [5.41, 5.74) is -1.24. The van der Waals surface area contributed by atoms with E-state index in [9.17, 15) is 23.1 Å². The van der Waals surface area contributed by atoms with E-state index in [0.717, 1.165) is 18.5 Å². The first-order valence-corrected chi connectivity index (χ1v) is 9.19. The summed E-state index contributed by atoms with van der Waals surface area (Å²) in [6, 6.07) is 1.34. The van der Waals surface area contributed by atoms with Gasteiger partial charge in [0, 0.05) is 19.5 Å². The second-order valence-electron chi connectivity index (χ2n) is 7.90. The summed E-state index contributed by atoms with van der Waals surface area (Å²) in [6.07, 6.45) is -1.40. The van der Waals surface area contributed by atoms with Gasteiger partial charge in [-0.25, -0.2) is 4.98 Å². The molecule has 2 aliphatic rings. The van der Waals surface area contributed by atoms with Crippen molar-refractivity contribution in [1.82, 2.24) is 24.2 Å². The predicted octanol–water partition coefficient (Wildman–Crippen LogP) is 2.48. The fraction of sp³-hybridized carbons (Fsp3) is 0.611. The van der Waals surface area contributed by atoms with Gasteiger partial charge in [0.25, 0.3) is 5.91 Å². The number of carbonyl (C=O) groups excluding carboxylic acids is 1. The number of alkyl halides is 3. The van der Waals surface area contributed by atoms with Gasteiger partial charge < -0.3 is 14.6 Å². The number of aryl methyl sites for hydroxylation is 1. The summed E-state index contributed by atoms with van der Waals surface area (Å²) in [4.78, 5) is 18.4. The minimum absolute atomic E-state index is 0.119. The van der Waals surface area contributed by atoms with Gasteiger partial charge in [0.15, 0.2) is 5.82 Å². The van der Waals surface area contributed by atoms with Crippen molar-refractivity contribution in [2.45, 2.75) is 57.0 Å². The van der Waals surface area contributed by atoms with Crippen molar-refractivity contribution in [3.05, 3.63) is 35.2 Å². The predicted molar refractivity (Wildman–Crippen MR) is 92.5 cm³/mol. The number of fused-ring (bicyclic) bond motifs is 1. The van der Waals surface area contributed by atoms with E-state index in [2.05, 4.69) is 10.1 Å². The van der Waals surface area contributed by atoms with Crippen molar-refractivity contribution in [2.24, 2.45) is 7.05 Å². The minimum Gasteiger partial charge on any atom is -0.374 e. The third-order valence-electron chi connectivity index (χ3n) is 5.54. The largest absolute Gasteiger partial charge is 0.424 e. The maximum atomic E-state index is 13.3. The van der Waals surface area contributed by atoms with E-state index in [1.165, 1.54) is 10.8 Å². The number of imidazole rings is 1. The Morgan fingerprint density at radius 3 is 2.61 bits per heavy atom. The molecule has 10 heteroatoms. The molecule has 1 amide bonds. The zero-order valence-corrected chi connectivity index (χ0v) is 15.9. The third kappa shape index (κ3) is 2.90. The normalized spacial score (nSPS) is 22.1. The molecule has 4 rings (SSSR count). The highest BCUT2D eigenvalue weighted by molar-refractivity contribution is 5.92. The molecule has 0 spiro atoms. The summed E-state index contributed by atoms with van der Waals surface area (Å²) >= 11 is 0. The first-order valence-electron chi connectivity index (χ1n) is 9.19. The molecular formula is C18H22F3N5O2. The average Bonchev–Trinajstić information content (AvgIpc) is 3.23. The second-order valence-corrected chi connectivity index (χ2v) is 7.90. The topological polar surface area (TPSA) is 76.2 Å². The van der Waals surface area contributed by atoms with Gasteiger partial charge in [-0.2, -0.15) is 18.3 Å². The molecular weight excluding hydrogens is 375 g/mol. The zero-order chi connectivity index (χ0) is 20.4. The molecule has 0 bridgehead atoms. The Balaban J connectivity index is 1.62. The van der Waals surface area contributed by atoms with Crippen LogP contribution in [0.4, 0.5) is 13.2 Å². The van der Waals surface area contributed by atoms with E-state index >= 15 is 0 Å². The van der Waals surface area contributed by atoms with Crippen LogP contribution < -0.4 is 0 Å². The highest BCUT2D eigenvalue weighted by Crippen LogP contribution is 2.41. The summed E-state index contributed by atoms with van der Waals surface area (Å²) < 4.78 is 42.7. The number of aromatic nitrogens is 4. The molecule has 152 valence electrons. The summed E-state index contributed by atoms with van der Waals surface area (Å²) in [6.45, 7) is 2.74. The van der Waals surface area contributed by atoms with Gasteiger partial charge in [-0.15, -0.1) is 0 Å². The van der Waals surface area contributed by atoms with Crippen LogP contribution in [0.5, 0.6) is 0 Å². The lowest BCUT2D eigenvalue weighted by Crippen LogP contribution is -2.45. The third-order valence-corrected chi connectivity index (χ3v) is 5.54. The lowest BCUT2D eigenvalue weighted by Gasteiger charge is -2.36. The number of halogens is 3. The summed E-state index contributed by atoms with van der Waals surface area (Å²) in [5.74, 6) is -0.252. The van der Waals surface area contributed by atoms with Crippen molar-refractivity contribution in [3.63, 3.8) is 0 Å². The number of aliphatic hydroxyl groups is 1. The molecule has 2 aromatic heterocycles. The Morgan fingerprint density at radius 2 is 2.00 bits per heavy atom. The smallest absolute Gasteiger partial charge is 0.374 e. The number of nitrogens with zero attached hydrogens (tertiary/aromatic N) is 5. The summed E-state index contributed by atoms with van der Waals surface area (Å²) in [7, 11) is 1.72. The fourth-order valence-corrected chi connectivity index (χ4v) is 3.74. The molecule has 1 aliphatic carbocycles. The van der Waals surface area contributed by atoms with Crippen LogP contribution in [-0.4, -0.2) is 48.0 Å². The van der Waals surface area contributed by atoms with E-state index < -0.39 is 23.6 Å². The SMILES string of the molecule is C[C@H]1CN(C(=O)c2cc(C3CC3)nn2C)Cc2cnc(C(C)(O)C(F)(F)F)n21. The van der Waals surface area contributed by atoms with Gasteiger partial charge in [-0.1, -0.05) is 0 Å². The minimum atomic E-state index is -4.85. The molecule has 1 N–H and O–H groups in total. The van der Waals surface area contributed by atoms with Crippen LogP contribution in [0.3, 0.4) is 0 Å². The van der Waals surface area contributed by atoms with E-state index in [4.69, 9.17) is 0 Å². The Hall–Kier alpha value is -2.36. The molecule has 1 saturated carbocycles. The van der Waals surface area contributed by atoms with Crippen LogP contribution in [0.2, 0.25) is 0 Å². The van der Waals surface area contributed by atoms with Crippen LogP contribution in [-0.2, 0) is 19.2 Å². The van der Waals surface area contributed by atoms with Gasteiger partial charge in [-0.3, -0.25) is 9.48 Å². The molecule has 3 heterocycles. The molecule has 1 fully saturated rings. The number of hydrogen-bond acceptors (Lipinski definition) is 4. The first kappa shape index (κ1) is 19.0. The van der Waals surface area contributed by atoms with E-state index in [0.29, 0.717) is 24.2 Å². The molecule has 2 aromatic rings. The van der Waals surface area contributed by atoms with Crippen molar-refractivity contribution in [2.75, 3.05) is 6.54 Å². The monoisotopic (exact) mass is 397 g/mol. The molecule has 7 nitrogen and oxygen atoms in total. The van der Waals surface area contributed by atoms with Crippen LogP contribution in [0.15, 0.2) is 12.3 Å². The van der Waals surface area contributed by atoms with Gasteiger partial charge in [-0.05, 0) is 32.8 Å². The van der Waals surface area contributed by atoms with E-state index in [1.807, 2.05) is 0 Å². The maximum absolute atomic E-state index is 13.3. The first-order chi connectivity index (χ1) is 13.0. The van der Waals surface area contributed by atoms with Crippen molar-refractivity contribution in [3.8, 4) is 0 Å². The molecule has 28 heavy (non-hydrogen) atoms. The fourth-order valence-electron chi connectivity index (χ4n) is 3.74. The lowest BCUT2D eigenvalue weighted by molar-refractivity contribution is -0.263. The standard InChI is InChI=1S/C18H22F3N5O2/c1-10-8-25(15(27)14-6-13(11-4-5-11)23-24(14)3)9-12-7-22-16(26(10)12)17(2,28)18(19,20)21/h6-7,10-11,28H,4-5,8-9H2,1-3H3/t10-,17?/m0/s1. The van der Waals surface area contributed by atoms with Crippen LogP contribution >= 0.6 is 0 Å². The Kier molecular flexibility index (Phi) is 4.11. The van der Waals surface area contributed by atoms with Gasteiger partial charge in [0.05, 0.1) is 30.2 Å². The molecule has 0 radical (unpaired) electrons. The quantitative estimate of drug-likeness (QED) is 0.863. The molecule has 0 saturated heterocycles. The maximum Gasteiger partial charge on any atom is 0.424 e. The number of rotatable bonds is 3. The lowest BCUT2D eigenvalue weighted by atomic mass is 10.0. The zero-order valence-electron chi connectivity index (χ0n) is 15.9. The second kappa shape index (κ2) is 6.07.